The van der Waals surface area contributed by atoms with Gasteiger partial charge in [-0.2, -0.15) is 0 Å². The zero-order valence-electron chi connectivity index (χ0n) is 15.9. The molecule has 3 rings (SSSR count). The summed E-state index contributed by atoms with van der Waals surface area (Å²) in [4.78, 5) is 17.0. The number of carbonyl (C=O) groups is 1. The molecule has 0 aliphatic rings. The summed E-state index contributed by atoms with van der Waals surface area (Å²) in [5.74, 6) is 1.41. The van der Waals surface area contributed by atoms with Crippen molar-refractivity contribution >= 4 is 17.6 Å². The third-order valence-electron chi connectivity index (χ3n) is 4.43. The number of amides is 2. The van der Waals surface area contributed by atoms with Gasteiger partial charge in [0, 0.05) is 36.6 Å². The van der Waals surface area contributed by atoms with Gasteiger partial charge in [-0.25, -0.2) is 9.78 Å². The maximum absolute atomic E-state index is 12.6. The number of rotatable bonds is 7. The van der Waals surface area contributed by atoms with Gasteiger partial charge in [0.05, 0.1) is 7.11 Å². The number of carbonyl (C=O) groups excluding carboxylic acids is 1. The molecule has 2 aromatic carbocycles. The van der Waals surface area contributed by atoms with Crippen LogP contribution in [0.2, 0.25) is 5.02 Å². The van der Waals surface area contributed by atoms with E-state index in [1.165, 1.54) is 0 Å². The first-order chi connectivity index (χ1) is 13.6. The van der Waals surface area contributed by atoms with Crippen LogP contribution in [0.1, 0.15) is 23.0 Å². The minimum atomic E-state index is -0.442. The molecule has 3 aromatic rings. The highest BCUT2D eigenvalue weighted by atomic mass is 35.5. The van der Waals surface area contributed by atoms with E-state index in [4.69, 9.17) is 16.3 Å². The number of ether oxygens (including phenoxy) is 1. The molecule has 0 fully saturated rings. The van der Waals surface area contributed by atoms with Crippen molar-refractivity contribution in [2.24, 2.45) is 7.05 Å². The molecule has 2 N–H and O–H groups in total. The van der Waals surface area contributed by atoms with Gasteiger partial charge in [0.25, 0.3) is 0 Å². The predicted octanol–water partition coefficient (Wildman–Crippen LogP) is 3.71. The molecule has 146 valence electrons. The summed E-state index contributed by atoms with van der Waals surface area (Å²) < 4.78 is 7.35. The van der Waals surface area contributed by atoms with Gasteiger partial charge in [-0.15, -0.1) is 0 Å². The minimum absolute atomic E-state index is 0.277. The lowest BCUT2D eigenvalue weighted by Crippen LogP contribution is -2.40. The maximum atomic E-state index is 12.6. The number of para-hydroxylation sites is 1. The summed E-state index contributed by atoms with van der Waals surface area (Å²) in [7, 11) is 3.50. The molecular formula is C21H23ClN4O2. The van der Waals surface area contributed by atoms with Crippen LogP contribution in [0.3, 0.4) is 0 Å². The lowest BCUT2D eigenvalue weighted by atomic mass is 10.0. The standard InChI is InChI=1S/C21H23ClN4O2/c1-26-13-12-23-20(26)19(17-8-3-4-9-18(17)28-2)25-21(27)24-11-10-15-6-5-7-16(22)14-15/h3-9,12-14,19H,10-11H2,1-2H3,(H2,24,25,27)/t19-/m1/s1. The second kappa shape index (κ2) is 9.28. The highest BCUT2D eigenvalue weighted by molar-refractivity contribution is 6.30. The Balaban J connectivity index is 1.71. The van der Waals surface area contributed by atoms with Crippen LogP contribution >= 0.6 is 11.6 Å². The molecule has 1 heterocycles. The largest absolute Gasteiger partial charge is 0.496 e. The number of imidazole rings is 1. The Kier molecular flexibility index (Phi) is 6.55. The van der Waals surface area contributed by atoms with Gasteiger partial charge >= 0.3 is 6.03 Å². The van der Waals surface area contributed by atoms with Crippen LogP contribution in [0.25, 0.3) is 0 Å². The van der Waals surface area contributed by atoms with Crippen molar-refractivity contribution in [2.75, 3.05) is 13.7 Å². The summed E-state index contributed by atoms with van der Waals surface area (Å²) in [5.41, 5.74) is 1.91. The molecule has 0 unspecified atom stereocenters. The first kappa shape index (κ1) is 19.8. The topological polar surface area (TPSA) is 68.2 Å². The number of benzene rings is 2. The third-order valence-corrected chi connectivity index (χ3v) is 4.67. The number of methoxy groups -OCH3 is 1. The van der Waals surface area contributed by atoms with E-state index in [-0.39, 0.29) is 6.03 Å². The quantitative estimate of drug-likeness (QED) is 0.637. The second-order valence-corrected chi connectivity index (χ2v) is 6.79. The normalized spacial score (nSPS) is 11.7. The molecule has 28 heavy (non-hydrogen) atoms. The van der Waals surface area contributed by atoms with Crippen LogP contribution < -0.4 is 15.4 Å². The summed E-state index contributed by atoms with van der Waals surface area (Å²) >= 11 is 6.00. The monoisotopic (exact) mass is 398 g/mol. The van der Waals surface area contributed by atoms with Gasteiger partial charge in [-0.3, -0.25) is 0 Å². The van der Waals surface area contributed by atoms with Gasteiger partial charge in [0.1, 0.15) is 17.6 Å². The Labute approximate surface area is 169 Å². The van der Waals surface area contributed by atoms with Gasteiger partial charge in [-0.05, 0) is 30.2 Å². The molecule has 0 saturated heterocycles. The molecule has 0 spiro atoms. The number of halogens is 1. The number of hydrogen-bond donors (Lipinski definition) is 2. The minimum Gasteiger partial charge on any atom is -0.496 e. The SMILES string of the molecule is COc1ccccc1[C@@H](NC(=O)NCCc1cccc(Cl)c1)c1nccn1C. The molecule has 0 bridgehead atoms. The van der Waals surface area contributed by atoms with Crippen molar-refractivity contribution in [3.63, 3.8) is 0 Å². The van der Waals surface area contributed by atoms with Crippen molar-refractivity contribution in [3.8, 4) is 5.75 Å². The number of aromatic nitrogens is 2. The van der Waals surface area contributed by atoms with Gasteiger partial charge in [0.2, 0.25) is 0 Å². The van der Waals surface area contributed by atoms with Gasteiger partial charge < -0.3 is 19.9 Å². The van der Waals surface area contributed by atoms with Crippen molar-refractivity contribution in [2.45, 2.75) is 12.5 Å². The fourth-order valence-corrected chi connectivity index (χ4v) is 3.25. The Bertz CT molecular complexity index is 941. The summed E-state index contributed by atoms with van der Waals surface area (Å²) in [6.07, 6.45) is 4.24. The lowest BCUT2D eigenvalue weighted by Gasteiger charge is -2.21. The molecule has 1 aromatic heterocycles. The first-order valence-corrected chi connectivity index (χ1v) is 9.35. The zero-order chi connectivity index (χ0) is 19.9. The maximum Gasteiger partial charge on any atom is 0.315 e. The lowest BCUT2D eigenvalue weighted by molar-refractivity contribution is 0.238. The van der Waals surface area contributed by atoms with Gasteiger partial charge in [0.15, 0.2) is 0 Å². The Morgan fingerprint density at radius 2 is 2.07 bits per heavy atom. The molecule has 0 radical (unpaired) electrons. The molecule has 0 aliphatic carbocycles. The second-order valence-electron chi connectivity index (χ2n) is 6.35. The van der Waals surface area contributed by atoms with E-state index in [0.29, 0.717) is 23.7 Å². The third kappa shape index (κ3) is 4.84. The summed E-state index contributed by atoms with van der Waals surface area (Å²) in [6, 6.07) is 14.5. The fraction of sp³-hybridized carbons (Fsp3) is 0.238. The number of aryl methyl sites for hydroxylation is 1. The Hall–Kier alpha value is -2.99. The van der Waals surface area contributed by atoms with Crippen molar-refractivity contribution in [3.05, 3.63) is 82.9 Å². The molecule has 0 aliphatic heterocycles. The van der Waals surface area contributed by atoms with Crippen molar-refractivity contribution in [1.29, 1.82) is 0 Å². The van der Waals surface area contributed by atoms with E-state index in [0.717, 1.165) is 17.0 Å². The van der Waals surface area contributed by atoms with E-state index in [1.807, 2.05) is 66.3 Å². The van der Waals surface area contributed by atoms with Crippen molar-refractivity contribution < 1.29 is 9.53 Å². The summed E-state index contributed by atoms with van der Waals surface area (Å²) in [5, 5.41) is 6.60. The van der Waals surface area contributed by atoms with E-state index < -0.39 is 6.04 Å². The molecule has 0 saturated carbocycles. The average Bonchev–Trinajstić information content (AvgIpc) is 3.12. The summed E-state index contributed by atoms with van der Waals surface area (Å²) in [6.45, 7) is 0.491. The number of urea groups is 1. The number of nitrogens with zero attached hydrogens (tertiary/aromatic N) is 2. The average molecular weight is 399 g/mol. The van der Waals surface area contributed by atoms with Crippen molar-refractivity contribution in [1.82, 2.24) is 20.2 Å². The van der Waals surface area contributed by atoms with E-state index in [2.05, 4.69) is 15.6 Å². The molecular weight excluding hydrogens is 376 g/mol. The molecule has 2 amide bonds. The number of nitrogens with one attached hydrogen (secondary N) is 2. The molecule has 6 nitrogen and oxygen atoms in total. The van der Waals surface area contributed by atoms with Crippen LogP contribution in [0.5, 0.6) is 5.75 Å². The van der Waals surface area contributed by atoms with Crippen LogP contribution in [0, 0.1) is 0 Å². The van der Waals surface area contributed by atoms with Crippen LogP contribution in [0.4, 0.5) is 4.79 Å². The predicted molar refractivity (Wildman–Crippen MR) is 110 cm³/mol. The molecule has 7 heteroatoms. The van der Waals surface area contributed by atoms with Gasteiger partial charge in [-0.1, -0.05) is 41.9 Å². The fourth-order valence-electron chi connectivity index (χ4n) is 3.04. The van der Waals surface area contributed by atoms with Crippen LogP contribution in [-0.2, 0) is 13.5 Å². The number of hydrogen-bond acceptors (Lipinski definition) is 3. The Morgan fingerprint density at radius 1 is 1.25 bits per heavy atom. The van der Waals surface area contributed by atoms with Crippen LogP contribution in [0.15, 0.2) is 60.9 Å². The zero-order valence-corrected chi connectivity index (χ0v) is 16.6. The highest BCUT2D eigenvalue weighted by Gasteiger charge is 2.23. The smallest absolute Gasteiger partial charge is 0.315 e. The van der Waals surface area contributed by atoms with E-state index in [9.17, 15) is 4.79 Å². The first-order valence-electron chi connectivity index (χ1n) is 8.97. The van der Waals surface area contributed by atoms with E-state index in [1.54, 1.807) is 13.3 Å². The van der Waals surface area contributed by atoms with E-state index >= 15 is 0 Å². The Morgan fingerprint density at radius 3 is 2.79 bits per heavy atom. The molecule has 1 atom stereocenters. The highest BCUT2D eigenvalue weighted by Crippen LogP contribution is 2.28. The van der Waals surface area contributed by atoms with Crippen LogP contribution in [-0.4, -0.2) is 29.2 Å².